The lowest BCUT2D eigenvalue weighted by molar-refractivity contribution is -0.138. The van der Waals surface area contributed by atoms with E-state index in [1.807, 2.05) is 4.90 Å². The Morgan fingerprint density at radius 3 is 2.47 bits per heavy atom. The standard InChI is InChI=1S/C11H21NO3/c1-2-7-12(10-11(14)15)8-5-3-4-6-9-13/h2,13H,1,3-10H2,(H,14,15). The molecule has 0 heterocycles. The van der Waals surface area contributed by atoms with Crippen LogP contribution in [0.15, 0.2) is 12.7 Å². The predicted octanol–water partition coefficient (Wildman–Crippen LogP) is 1.11. The molecule has 0 aromatic rings. The lowest BCUT2D eigenvalue weighted by Gasteiger charge is -2.17. The van der Waals surface area contributed by atoms with Crippen LogP contribution in [0.1, 0.15) is 25.7 Å². The van der Waals surface area contributed by atoms with Crippen molar-refractivity contribution in [3.05, 3.63) is 12.7 Å². The highest BCUT2D eigenvalue weighted by atomic mass is 16.4. The third-order valence-electron chi connectivity index (χ3n) is 2.13. The maximum Gasteiger partial charge on any atom is 0.317 e. The second-order valence-corrected chi connectivity index (χ2v) is 3.56. The van der Waals surface area contributed by atoms with Gasteiger partial charge in [-0.3, -0.25) is 9.69 Å². The van der Waals surface area contributed by atoms with Gasteiger partial charge in [-0.05, 0) is 19.4 Å². The Labute approximate surface area is 91.2 Å². The lowest BCUT2D eigenvalue weighted by Crippen LogP contribution is -2.30. The van der Waals surface area contributed by atoms with Crippen LogP contribution in [0.25, 0.3) is 0 Å². The van der Waals surface area contributed by atoms with Crippen molar-refractivity contribution in [1.82, 2.24) is 4.90 Å². The second kappa shape index (κ2) is 9.68. The van der Waals surface area contributed by atoms with Gasteiger partial charge >= 0.3 is 5.97 Å². The first kappa shape index (κ1) is 14.1. The second-order valence-electron chi connectivity index (χ2n) is 3.56. The van der Waals surface area contributed by atoms with Crippen LogP contribution < -0.4 is 0 Å². The van der Waals surface area contributed by atoms with Crippen molar-refractivity contribution in [3.8, 4) is 0 Å². The Morgan fingerprint density at radius 1 is 1.27 bits per heavy atom. The van der Waals surface area contributed by atoms with Gasteiger partial charge in [0.2, 0.25) is 0 Å². The summed E-state index contributed by atoms with van der Waals surface area (Å²) in [5.41, 5.74) is 0. The minimum atomic E-state index is -0.799. The fourth-order valence-corrected chi connectivity index (χ4v) is 1.41. The number of carbonyl (C=O) groups is 1. The van der Waals surface area contributed by atoms with Crippen LogP contribution in [0.5, 0.6) is 0 Å². The van der Waals surface area contributed by atoms with Crippen molar-refractivity contribution in [1.29, 1.82) is 0 Å². The quantitative estimate of drug-likeness (QED) is 0.423. The van der Waals surface area contributed by atoms with Crippen LogP contribution >= 0.6 is 0 Å². The molecule has 0 saturated carbocycles. The van der Waals surface area contributed by atoms with E-state index in [4.69, 9.17) is 10.2 Å². The summed E-state index contributed by atoms with van der Waals surface area (Å²) in [5.74, 6) is -0.799. The number of carboxylic acids is 1. The molecule has 0 atom stereocenters. The summed E-state index contributed by atoms with van der Waals surface area (Å²) in [4.78, 5) is 12.4. The van der Waals surface area contributed by atoms with E-state index in [-0.39, 0.29) is 13.2 Å². The van der Waals surface area contributed by atoms with Crippen LogP contribution in [-0.2, 0) is 4.79 Å². The van der Waals surface area contributed by atoms with E-state index in [0.717, 1.165) is 32.2 Å². The van der Waals surface area contributed by atoms with Gasteiger partial charge in [0.15, 0.2) is 0 Å². The summed E-state index contributed by atoms with van der Waals surface area (Å²) in [5, 5.41) is 17.2. The van der Waals surface area contributed by atoms with Crippen LogP contribution in [0, 0.1) is 0 Å². The first-order valence-corrected chi connectivity index (χ1v) is 5.36. The highest BCUT2D eigenvalue weighted by Gasteiger charge is 2.06. The van der Waals surface area contributed by atoms with Crippen molar-refractivity contribution < 1.29 is 15.0 Å². The number of rotatable bonds is 10. The molecular weight excluding hydrogens is 194 g/mol. The molecule has 0 aromatic heterocycles. The summed E-state index contributed by atoms with van der Waals surface area (Å²) < 4.78 is 0. The van der Waals surface area contributed by atoms with Crippen LogP contribution in [0.2, 0.25) is 0 Å². The Hall–Kier alpha value is -0.870. The zero-order valence-electron chi connectivity index (χ0n) is 9.19. The van der Waals surface area contributed by atoms with Crippen LogP contribution in [0.4, 0.5) is 0 Å². The minimum absolute atomic E-state index is 0.0754. The molecule has 0 rings (SSSR count). The van der Waals surface area contributed by atoms with Crippen LogP contribution in [-0.4, -0.2) is 47.3 Å². The molecule has 0 amide bonds. The maximum absolute atomic E-state index is 10.5. The lowest BCUT2D eigenvalue weighted by atomic mass is 10.2. The molecule has 0 unspecified atom stereocenters. The van der Waals surface area contributed by atoms with Gasteiger partial charge in [-0.1, -0.05) is 18.9 Å². The molecule has 0 bridgehead atoms. The monoisotopic (exact) mass is 215 g/mol. The average Bonchev–Trinajstić information content (AvgIpc) is 2.17. The number of aliphatic hydroxyl groups excluding tert-OH is 1. The van der Waals surface area contributed by atoms with E-state index < -0.39 is 5.97 Å². The molecule has 88 valence electrons. The highest BCUT2D eigenvalue weighted by molar-refractivity contribution is 5.69. The predicted molar refractivity (Wildman–Crippen MR) is 59.8 cm³/mol. The molecule has 0 saturated heterocycles. The summed E-state index contributed by atoms with van der Waals surface area (Å²) in [6.07, 6.45) is 5.57. The van der Waals surface area contributed by atoms with Crippen molar-refractivity contribution >= 4 is 5.97 Å². The Kier molecular flexibility index (Phi) is 9.11. The third kappa shape index (κ3) is 9.43. The van der Waals surface area contributed by atoms with Gasteiger partial charge in [0.1, 0.15) is 0 Å². The maximum atomic E-state index is 10.5. The van der Waals surface area contributed by atoms with E-state index in [1.165, 1.54) is 0 Å². The first-order chi connectivity index (χ1) is 7.20. The zero-order valence-corrected chi connectivity index (χ0v) is 9.19. The molecule has 0 aliphatic rings. The summed E-state index contributed by atoms with van der Waals surface area (Å²) in [6, 6.07) is 0. The first-order valence-electron chi connectivity index (χ1n) is 5.36. The number of carboxylic acid groups (broad SMARTS) is 1. The van der Waals surface area contributed by atoms with Gasteiger partial charge in [-0.15, -0.1) is 6.58 Å². The van der Waals surface area contributed by atoms with Gasteiger partial charge in [0.25, 0.3) is 0 Å². The Bertz CT molecular complexity index is 183. The van der Waals surface area contributed by atoms with Gasteiger partial charge in [-0.25, -0.2) is 0 Å². The van der Waals surface area contributed by atoms with Gasteiger partial charge in [-0.2, -0.15) is 0 Å². The summed E-state index contributed by atoms with van der Waals surface area (Å²) >= 11 is 0. The number of nitrogens with zero attached hydrogens (tertiary/aromatic N) is 1. The van der Waals surface area contributed by atoms with Crippen molar-refractivity contribution in [2.45, 2.75) is 25.7 Å². The molecule has 0 spiro atoms. The molecule has 0 aliphatic heterocycles. The molecule has 4 heteroatoms. The smallest absolute Gasteiger partial charge is 0.317 e. The Morgan fingerprint density at radius 2 is 1.93 bits per heavy atom. The van der Waals surface area contributed by atoms with E-state index in [0.29, 0.717) is 6.54 Å². The summed E-state index contributed by atoms with van der Waals surface area (Å²) in [6.45, 7) is 5.31. The van der Waals surface area contributed by atoms with Crippen molar-refractivity contribution in [2.24, 2.45) is 0 Å². The molecule has 15 heavy (non-hydrogen) atoms. The zero-order chi connectivity index (χ0) is 11.5. The largest absolute Gasteiger partial charge is 0.480 e. The molecule has 2 N–H and O–H groups in total. The molecular formula is C11H21NO3. The van der Waals surface area contributed by atoms with Crippen molar-refractivity contribution in [3.63, 3.8) is 0 Å². The number of aliphatic carboxylic acids is 1. The van der Waals surface area contributed by atoms with E-state index >= 15 is 0 Å². The normalized spacial score (nSPS) is 10.5. The fourth-order valence-electron chi connectivity index (χ4n) is 1.41. The number of hydrogen-bond acceptors (Lipinski definition) is 3. The van der Waals surface area contributed by atoms with Gasteiger partial charge in [0.05, 0.1) is 6.54 Å². The Balaban J connectivity index is 3.56. The van der Waals surface area contributed by atoms with E-state index in [2.05, 4.69) is 6.58 Å². The number of hydrogen-bond donors (Lipinski definition) is 2. The molecule has 0 aliphatic carbocycles. The van der Waals surface area contributed by atoms with E-state index in [9.17, 15) is 4.79 Å². The number of aliphatic hydroxyl groups is 1. The SMILES string of the molecule is C=CCN(CCCCCCO)CC(=O)O. The van der Waals surface area contributed by atoms with Gasteiger partial charge in [0, 0.05) is 13.2 Å². The third-order valence-corrected chi connectivity index (χ3v) is 2.13. The molecule has 0 fully saturated rings. The molecule has 4 nitrogen and oxygen atoms in total. The minimum Gasteiger partial charge on any atom is -0.480 e. The van der Waals surface area contributed by atoms with E-state index in [1.54, 1.807) is 6.08 Å². The summed E-state index contributed by atoms with van der Waals surface area (Å²) in [7, 11) is 0. The van der Waals surface area contributed by atoms with Crippen LogP contribution in [0.3, 0.4) is 0 Å². The number of unbranched alkanes of at least 4 members (excludes halogenated alkanes) is 3. The van der Waals surface area contributed by atoms with Crippen molar-refractivity contribution in [2.75, 3.05) is 26.2 Å². The fraction of sp³-hybridized carbons (Fsp3) is 0.727. The van der Waals surface area contributed by atoms with Gasteiger partial charge < -0.3 is 10.2 Å². The average molecular weight is 215 g/mol. The molecule has 0 radical (unpaired) electrons. The molecule has 0 aromatic carbocycles. The highest BCUT2D eigenvalue weighted by Crippen LogP contribution is 2.01. The topological polar surface area (TPSA) is 60.8 Å².